The molecule has 0 bridgehead atoms. The van der Waals surface area contributed by atoms with Gasteiger partial charge < -0.3 is 23.9 Å². The fraction of sp³-hybridized carbons (Fsp3) is 0.355. The Kier molecular flexibility index (Phi) is 11.0. The number of aryl methyl sites for hydroxylation is 2. The van der Waals surface area contributed by atoms with Crippen LogP contribution in [-0.2, 0) is 41.5 Å². The van der Waals surface area contributed by atoms with Crippen molar-refractivity contribution in [3.63, 3.8) is 0 Å². The summed E-state index contributed by atoms with van der Waals surface area (Å²) < 4.78 is 45.4. The molecular weight excluding hydrogens is 629 g/mol. The van der Waals surface area contributed by atoms with E-state index in [1.165, 1.54) is 10.6 Å². The van der Waals surface area contributed by atoms with E-state index in [1.807, 2.05) is 48.0 Å². The molecule has 1 aliphatic rings. The summed E-state index contributed by atoms with van der Waals surface area (Å²) in [7, 11) is -1.27. The number of fused-ring (bicyclic) bond motifs is 1. The maximum atomic E-state index is 11.8. The number of sulfonamides is 1. The summed E-state index contributed by atoms with van der Waals surface area (Å²) in [5.74, 6) is 1.67. The molecule has 236 valence electrons. The van der Waals surface area contributed by atoms with Gasteiger partial charge in [-0.1, -0.05) is 29.8 Å². The lowest BCUT2D eigenvalue weighted by atomic mass is 10.1. The van der Waals surface area contributed by atoms with Crippen molar-refractivity contribution < 1.29 is 32.5 Å². The SMILES string of the molecule is Cl.Cn1c(COc2ccc(CCC(=O)O)c(OCc3ccc(Cl)cc3)c2)nc2ccc(OC3CCN(S(C)(=O)=O)CC3)cc21. The Hall–Kier alpha value is -3.51. The minimum atomic E-state index is -3.18. The summed E-state index contributed by atoms with van der Waals surface area (Å²) in [6.45, 7) is 1.41. The summed E-state index contributed by atoms with van der Waals surface area (Å²) in [4.78, 5) is 15.9. The zero-order valence-corrected chi connectivity index (χ0v) is 26.8. The van der Waals surface area contributed by atoms with Gasteiger partial charge in [-0.25, -0.2) is 17.7 Å². The monoisotopic (exact) mass is 663 g/mol. The van der Waals surface area contributed by atoms with Crippen LogP contribution in [0.4, 0.5) is 0 Å². The molecule has 0 amide bonds. The van der Waals surface area contributed by atoms with Crippen LogP contribution in [0.5, 0.6) is 17.2 Å². The van der Waals surface area contributed by atoms with Gasteiger partial charge in [-0.15, -0.1) is 12.4 Å². The molecule has 44 heavy (non-hydrogen) atoms. The van der Waals surface area contributed by atoms with Gasteiger partial charge in [-0.3, -0.25) is 4.79 Å². The predicted molar refractivity (Wildman–Crippen MR) is 171 cm³/mol. The summed E-state index contributed by atoms with van der Waals surface area (Å²) in [5, 5.41) is 9.81. The Morgan fingerprint density at radius 1 is 1.00 bits per heavy atom. The van der Waals surface area contributed by atoms with Crippen molar-refractivity contribution in [2.24, 2.45) is 7.05 Å². The third-order valence-corrected chi connectivity index (χ3v) is 9.00. The second kappa shape index (κ2) is 14.5. The molecule has 0 unspecified atom stereocenters. The first-order valence-corrected chi connectivity index (χ1v) is 16.2. The molecule has 0 spiro atoms. The smallest absolute Gasteiger partial charge is 0.303 e. The molecule has 0 aliphatic carbocycles. The topological polar surface area (TPSA) is 120 Å². The first kappa shape index (κ1) is 33.4. The van der Waals surface area contributed by atoms with Gasteiger partial charge in [0.1, 0.15) is 42.4 Å². The summed E-state index contributed by atoms with van der Waals surface area (Å²) in [5.41, 5.74) is 3.40. The highest BCUT2D eigenvalue weighted by molar-refractivity contribution is 7.88. The first-order chi connectivity index (χ1) is 20.5. The molecular formula is C31H35Cl2N3O7S. The van der Waals surface area contributed by atoms with Crippen LogP contribution in [0.15, 0.2) is 60.7 Å². The number of hydrogen-bond acceptors (Lipinski definition) is 7. The van der Waals surface area contributed by atoms with Gasteiger partial charge in [-0.2, -0.15) is 0 Å². The van der Waals surface area contributed by atoms with E-state index in [0.717, 1.165) is 22.2 Å². The normalized spacial score (nSPS) is 14.2. The standard InChI is InChI=1S/C31H34ClN3O7S.ClH/c1-34-28-17-26(42-24-13-15-35(16-14-24)43(2,38)39)10-11-27(28)33-30(34)20-40-25-9-5-22(6-12-31(36)37)29(18-25)41-19-21-3-7-23(32)8-4-21;/h3-5,7-11,17-18,24H,6,12-16,19-20H2,1-2H3,(H,36,37);1H. The molecule has 13 heteroatoms. The molecule has 1 aliphatic heterocycles. The lowest BCUT2D eigenvalue weighted by Gasteiger charge is -2.30. The van der Waals surface area contributed by atoms with E-state index in [1.54, 1.807) is 24.3 Å². The van der Waals surface area contributed by atoms with Gasteiger partial charge in [0.05, 0.1) is 17.3 Å². The Balaban J connectivity index is 0.00000442. The molecule has 1 N–H and O–H groups in total. The van der Waals surface area contributed by atoms with Crippen LogP contribution in [0.2, 0.25) is 5.02 Å². The molecule has 3 aromatic carbocycles. The summed E-state index contributed by atoms with van der Waals surface area (Å²) >= 11 is 5.99. The van der Waals surface area contributed by atoms with Crippen molar-refractivity contribution in [1.82, 2.24) is 13.9 Å². The van der Waals surface area contributed by atoms with E-state index in [0.29, 0.717) is 67.1 Å². The van der Waals surface area contributed by atoms with Gasteiger partial charge >= 0.3 is 5.97 Å². The number of carboxylic acids is 1. The molecule has 1 aromatic heterocycles. The number of imidazole rings is 1. The number of nitrogens with zero attached hydrogens (tertiary/aromatic N) is 3. The largest absolute Gasteiger partial charge is 0.490 e. The van der Waals surface area contributed by atoms with Crippen molar-refractivity contribution in [2.45, 2.75) is 45.0 Å². The van der Waals surface area contributed by atoms with E-state index in [-0.39, 0.29) is 31.5 Å². The van der Waals surface area contributed by atoms with Crippen molar-refractivity contribution >= 4 is 51.0 Å². The van der Waals surface area contributed by atoms with Crippen LogP contribution in [0, 0.1) is 0 Å². The van der Waals surface area contributed by atoms with E-state index >= 15 is 0 Å². The number of aromatic nitrogens is 2. The third kappa shape index (κ3) is 8.56. The molecule has 0 atom stereocenters. The van der Waals surface area contributed by atoms with Crippen molar-refractivity contribution in [3.05, 3.63) is 82.6 Å². The molecule has 0 radical (unpaired) electrons. The van der Waals surface area contributed by atoms with Crippen LogP contribution in [0.25, 0.3) is 11.0 Å². The molecule has 0 saturated carbocycles. The lowest BCUT2D eigenvalue weighted by molar-refractivity contribution is -0.136. The number of aliphatic carboxylic acids is 1. The predicted octanol–water partition coefficient (Wildman–Crippen LogP) is 5.63. The zero-order chi connectivity index (χ0) is 30.6. The van der Waals surface area contributed by atoms with Crippen LogP contribution in [-0.4, -0.2) is 58.8 Å². The minimum Gasteiger partial charge on any atom is -0.490 e. The van der Waals surface area contributed by atoms with Crippen molar-refractivity contribution in [3.8, 4) is 17.2 Å². The fourth-order valence-electron chi connectivity index (χ4n) is 4.99. The van der Waals surface area contributed by atoms with E-state index in [4.69, 9.17) is 35.9 Å². The van der Waals surface area contributed by atoms with E-state index < -0.39 is 16.0 Å². The second-order valence-corrected chi connectivity index (χ2v) is 13.0. The van der Waals surface area contributed by atoms with Gasteiger partial charge in [0.2, 0.25) is 10.0 Å². The van der Waals surface area contributed by atoms with Crippen LogP contribution in [0.3, 0.4) is 0 Å². The number of piperidine rings is 1. The third-order valence-electron chi connectivity index (χ3n) is 7.44. The maximum Gasteiger partial charge on any atom is 0.303 e. The zero-order valence-electron chi connectivity index (χ0n) is 24.4. The number of carboxylic acid groups (broad SMARTS) is 1. The van der Waals surface area contributed by atoms with E-state index in [9.17, 15) is 13.2 Å². The number of benzene rings is 3. The lowest BCUT2D eigenvalue weighted by Crippen LogP contribution is -2.41. The van der Waals surface area contributed by atoms with Gasteiger partial charge in [0.15, 0.2) is 0 Å². The van der Waals surface area contributed by atoms with Gasteiger partial charge in [-0.05, 0) is 60.7 Å². The van der Waals surface area contributed by atoms with Crippen molar-refractivity contribution in [1.29, 1.82) is 0 Å². The second-order valence-electron chi connectivity index (χ2n) is 10.6. The highest BCUT2D eigenvalue weighted by Crippen LogP contribution is 2.29. The Labute approximate surface area is 268 Å². The number of carbonyl (C=O) groups is 1. The fourth-order valence-corrected chi connectivity index (χ4v) is 5.99. The molecule has 1 saturated heterocycles. The Morgan fingerprint density at radius 2 is 1.70 bits per heavy atom. The molecule has 4 aromatic rings. The summed E-state index contributed by atoms with van der Waals surface area (Å²) in [6, 6.07) is 18.5. The maximum absolute atomic E-state index is 11.8. The van der Waals surface area contributed by atoms with Crippen molar-refractivity contribution in [2.75, 3.05) is 19.3 Å². The Morgan fingerprint density at radius 3 is 2.39 bits per heavy atom. The quantitative estimate of drug-likeness (QED) is 0.207. The summed E-state index contributed by atoms with van der Waals surface area (Å²) in [6.07, 6.45) is 2.77. The Bertz CT molecular complexity index is 1700. The number of hydrogen-bond donors (Lipinski definition) is 1. The number of halogens is 2. The van der Waals surface area contributed by atoms with Crippen LogP contribution >= 0.6 is 24.0 Å². The van der Waals surface area contributed by atoms with Crippen LogP contribution < -0.4 is 14.2 Å². The average molecular weight is 665 g/mol. The van der Waals surface area contributed by atoms with Crippen LogP contribution in [0.1, 0.15) is 36.2 Å². The average Bonchev–Trinajstić information content (AvgIpc) is 3.29. The highest BCUT2D eigenvalue weighted by Gasteiger charge is 2.26. The molecule has 10 nitrogen and oxygen atoms in total. The highest BCUT2D eigenvalue weighted by atomic mass is 35.5. The molecule has 5 rings (SSSR count). The van der Waals surface area contributed by atoms with E-state index in [2.05, 4.69) is 0 Å². The first-order valence-electron chi connectivity index (χ1n) is 14.0. The number of ether oxygens (including phenoxy) is 3. The minimum absolute atomic E-state index is 0. The molecule has 2 heterocycles. The number of rotatable bonds is 12. The van der Waals surface area contributed by atoms with Gasteiger partial charge in [0, 0.05) is 43.7 Å². The molecule has 1 fully saturated rings. The van der Waals surface area contributed by atoms with Gasteiger partial charge in [0.25, 0.3) is 0 Å².